The molecule has 0 aliphatic carbocycles. The van der Waals surface area contributed by atoms with E-state index in [-0.39, 0.29) is 0 Å². The van der Waals surface area contributed by atoms with Crippen LogP contribution in [-0.2, 0) is 14.3 Å². The Morgan fingerprint density at radius 2 is 1.69 bits per heavy atom. The van der Waals surface area contributed by atoms with Crippen molar-refractivity contribution in [3.05, 3.63) is 69.5 Å². The number of rotatable bonds is 8. The number of non-ortho nitro benzene ring substituents is 1. The second kappa shape index (κ2) is 10.4. The van der Waals surface area contributed by atoms with Gasteiger partial charge in [-0.3, -0.25) is 19.7 Å². The fourth-order valence-electron chi connectivity index (χ4n) is 2.56. The Kier molecular flexibility index (Phi) is 7.88. The number of hydrogen-bond donors (Lipinski definition) is 2. The monoisotopic (exact) mass is 453 g/mol. The van der Waals surface area contributed by atoms with Crippen molar-refractivity contribution < 1.29 is 37.2 Å². The number of halogens is 3. The van der Waals surface area contributed by atoms with Crippen LogP contribution in [0.25, 0.3) is 0 Å². The van der Waals surface area contributed by atoms with Gasteiger partial charge >= 0.3 is 5.97 Å². The molecule has 0 heterocycles. The molecule has 0 aliphatic heterocycles. The van der Waals surface area contributed by atoms with Gasteiger partial charge in [-0.05, 0) is 24.1 Å². The van der Waals surface area contributed by atoms with E-state index in [0.29, 0.717) is 0 Å². The largest absolute Gasteiger partial charge is 0.454 e. The van der Waals surface area contributed by atoms with Crippen molar-refractivity contribution in [1.29, 1.82) is 0 Å². The molecule has 0 spiro atoms. The molecule has 0 aromatic heterocycles. The van der Waals surface area contributed by atoms with E-state index in [2.05, 4.69) is 5.32 Å². The van der Waals surface area contributed by atoms with Gasteiger partial charge in [-0.15, -0.1) is 0 Å². The summed E-state index contributed by atoms with van der Waals surface area (Å²) in [6.45, 7) is 2.12. The van der Waals surface area contributed by atoms with Crippen molar-refractivity contribution in [3.8, 4) is 0 Å². The van der Waals surface area contributed by atoms with E-state index in [9.17, 15) is 37.7 Å². The Morgan fingerprint density at radius 1 is 1.06 bits per heavy atom. The summed E-state index contributed by atoms with van der Waals surface area (Å²) in [4.78, 5) is 46.5. The SMILES string of the molecule is CC(C)[C@@H](NC(=O)c1c(F)cccc1F)C(=O)OCC(=O)Nc1cc([N+](=O)[O-])ccc1F. The Balaban J connectivity index is 2.03. The van der Waals surface area contributed by atoms with E-state index in [0.717, 1.165) is 36.4 Å². The fourth-order valence-corrected chi connectivity index (χ4v) is 2.56. The predicted molar refractivity (Wildman–Crippen MR) is 105 cm³/mol. The van der Waals surface area contributed by atoms with E-state index in [1.165, 1.54) is 13.8 Å². The van der Waals surface area contributed by atoms with Crippen molar-refractivity contribution in [2.45, 2.75) is 19.9 Å². The third kappa shape index (κ3) is 6.03. The molecule has 0 bridgehead atoms. The number of nitrogens with zero attached hydrogens (tertiary/aromatic N) is 1. The number of esters is 1. The highest BCUT2D eigenvalue weighted by Gasteiger charge is 2.29. The first-order chi connectivity index (χ1) is 15.0. The minimum Gasteiger partial charge on any atom is -0.454 e. The molecule has 0 unspecified atom stereocenters. The highest BCUT2D eigenvalue weighted by molar-refractivity contribution is 5.98. The first-order valence-electron chi connectivity index (χ1n) is 9.16. The predicted octanol–water partition coefficient (Wildman–Crippen LogP) is 2.95. The molecule has 2 N–H and O–H groups in total. The number of carbonyl (C=O) groups excluding carboxylic acids is 3. The summed E-state index contributed by atoms with van der Waals surface area (Å²) in [7, 11) is 0. The first kappa shape index (κ1) is 24.3. The van der Waals surface area contributed by atoms with Crippen LogP contribution in [0.3, 0.4) is 0 Å². The number of ether oxygens (including phenoxy) is 1. The zero-order valence-corrected chi connectivity index (χ0v) is 16.9. The number of anilines is 1. The van der Waals surface area contributed by atoms with Crippen LogP contribution >= 0.6 is 0 Å². The van der Waals surface area contributed by atoms with Crippen LogP contribution < -0.4 is 10.6 Å². The first-order valence-corrected chi connectivity index (χ1v) is 9.16. The van der Waals surface area contributed by atoms with Gasteiger partial charge in [-0.25, -0.2) is 18.0 Å². The minimum atomic E-state index is -1.36. The van der Waals surface area contributed by atoms with Gasteiger partial charge in [-0.1, -0.05) is 19.9 Å². The molecule has 2 aromatic rings. The molecule has 0 radical (unpaired) electrons. The fraction of sp³-hybridized carbons (Fsp3) is 0.250. The molecule has 0 fully saturated rings. The highest BCUT2D eigenvalue weighted by atomic mass is 19.1. The molecule has 0 saturated carbocycles. The van der Waals surface area contributed by atoms with Gasteiger partial charge in [-0.2, -0.15) is 0 Å². The molecular formula is C20H18F3N3O6. The molecule has 32 heavy (non-hydrogen) atoms. The second-order valence-corrected chi connectivity index (χ2v) is 6.87. The summed E-state index contributed by atoms with van der Waals surface area (Å²) in [6, 6.07) is 3.93. The lowest BCUT2D eigenvalue weighted by atomic mass is 10.0. The van der Waals surface area contributed by atoms with E-state index >= 15 is 0 Å². The van der Waals surface area contributed by atoms with Crippen molar-refractivity contribution in [3.63, 3.8) is 0 Å². The number of nitrogens with one attached hydrogen (secondary N) is 2. The van der Waals surface area contributed by atoms with Crippen LogP contribution in [-0.4, -0.2) is 35.4 Å². The zero-order valence-electron chi connectivity index (χ0n) is 16.9. The lowest BCUT2D eigenvalue weighted by Crippen LogP contribution is -2.46. The average Bonchev–Trinajstić information content (AvgIpc) is 2.71. The smallest absolute Gasteiger partial charge is 0.329 e. The Labute approximate surface area is 179 Å². The number of nitro benzene ring substituents is 1. The number of carbonyl (C=O) groups is 3. The van der Waals surface area contributed by atoms with Gasteiger partial charge < -0.3 is 15.4 Å². The molecular weight excluding hydrogens is 435 g/mol. The normalized spacial score (nSPS) is 11.6. The van der Waals surface area contributed by atoms with Crippen LogP contribution in [0.1, 0.15) is 24.2 Å². The molecule has 0 aliphatic rings. The topological polar surface area (TPSA) is 128 Å². The molecule has 170 valence electrons. The van der Waals surface area contributed by atoms with E-state index in [1.807, 2.05) is 5.32 Å². The van der Waals surface area contributed by atoms with Crippen LogP contribution in [0.5, 0.6) is 0 Å². The Morgan fingerprint density at radius 3 is 2.25 bits per heavy atom. The molecule has 2 rings (SSSR count). The van der Waals surface area contributed by atoms with Gasteiger partial charge in [0.1, 0.15) is 29.1 Å². The molecule has 2 amide bonds. The van der Waals surface area contributed by atoms with Crippen LogP contribution in [0.4, 0.5) is 24.5 Å². The molecule has 2 aromatic carbocycles. The quantitative estimate of drug-likeness (QED) is 0.359. The third-order valence-corrected chi connectivity index (χ3v) is 4.18. The highest BCUT2D eigenvalue weighted by Crippen LogP contribution is 2.21. The third-order valence-electron chi connectivity index (χ3n) is 4.18. The van der Waals surface area contributed by atoms with E-state index < -0.39 is 75.7 Å². The molecule has 0 saturated heterocycles. The van der Waals surface area contributed by atoms with Gasteiger partial charge in [0.15, 0.2) is 6.61 Å². The lowest BCUT2D eigenvalue weighted by molar-refractivity contribution is -0.384. The Bertz CT molecular complexity index is 1040. The van der Waals surface area contributed by atoms with Gasteiger partial charge in [0.05, 0.1) is 10.6 Å². The van der Waals surface area contributed by atoms with Gasteiger partial charge in [0.2, 0.25) is 0 Å². The zero-order chi connectivity index (χ0) is 24.0. The van der Waals surface area contributed by atoms with Crippen molar-refractivity contribution in [2.75, 3.05) is 11.9 Å². The minimum absolute atomic E-state index is 0.471. The van der Waals surface area contributed by atoms with Crippen LogP contribution in [0.2, 0.25) is 0 Å². The number of benzene rings is 2. The summed E-state index contributed by atoms with van der Waals surface area (Å²) in [5.41, 5.74) is -1.85. The maximum atomic E-state index is 13.8. The number of nitro groups is 1. The summed E-state index contributed by atoms with van der Waals surface area (Å²) < 4.78 is 46.1. The number of hydrogen-bond acceptors (Lipinski definition) is 6. The van der Waals surface area contributed by atoms with Crippen LogP contribution in [0.15, 0.2) is 36.4 Å². The maximum absolute atomic E-state index is 13.8. The van der Waals surface area contributed by atoms with Gasteiger partial charge in [0.25, 0.3) is 17.5 Å². The summed E-state index contributed by atoms with van der Waals surface area (Å²) in [5, 5.41) is 14.9. The molecule has 12 heteroatoms. The average molecular weight is 453 g/mol. The lowest BCUT2D eigenvalue weighted by Gasteiger charge is -2.21. The summed E-state index contributed by atoms with van der Waals surface area (Å²) in [5.74, 6) is -7.08. The van der Waals surface area contributed by atoms with Crippen molar-refractivity contribution in [1.82, 2.24) is 5.32 Å². The van der Waals surface area contributed by atoms with Gasteiger partial charge in [0, 0.05) is 12.1 Å². The Hall–Kier alpha value is -3.96. The maximum Gasteiger partial charge on any atom is 0.329 e. The molecule has 9 nitrogen and oxygen atoms in total. The van der Waals surface area contributed by atoms with Crippen molar-refractivity contribution in [2.24, 2.45) is 5.92 Å². The summed E-state index contributed by atoms with van der Waals surface area (Å²) >= 11 is 0. The summed E-state index contributed by atoms with van der Waals surface area (Å²) in [6.07, 6.45) is 0. The molecule has 1 atom stereocenters. The van der Waals surface area contributed by atoms with E-state index in [1.54, 1.807) is 0 Å². The van der Waals surface area contributed by atoms with Crippen LogP contribution in [0, 0.1) is 33.5 Å². The standard InChI is InChI=1S/C20H18F3N3O6/c1-10(2)18(25-19(28)17-13(22)4-3-5-14(17)23)20(29)32-9-16(27)24-15-8-11(26(30)31)6-7-12(15)21/h3-8,10,18H,9H2,1-2H3,(H,24,27)(H,25,28)/t18-/m1/s1. The second-order valence-electron chi connectivity index (χ2n) is 6.87. The van der Waals surface area contributed by atoms with Crippen molar-refractivity contribution >= 4 is 29.2 Å². The number of amides is 2. The van der Waals surface area contributed by atoms with E-state index in [4.69, 9.17) is 4.74 Å².